The number of hydrogen-bond acceptors (Lipinski definition) is 5. The number of nitrogens with two attached hydrogens (primary N) is 1. The number of amides is 2. The third-order valence-corrected chi connectivity index (χ3v) is 7.46. The molecule has 1 aliphatic rings. The summed E-state index contributed by atoms with van der Waals surface area (Å²) < 4.78 is 12.2. The maximum atomic E-state index is 13.7. The minimum Gasteiger partial charge on any atom is -0.399 e. The van der Waals surface area contributed by atoms with Gasteiger partial charge in [0.1, 0.15) is 0 Å². The fourth-order valence-corrected chi connectivity index (χ4v) is 4.76. The van der Waals surface area contributed by atoms with Crippen LogP contribution in [0.1, 0.15) is 93.7 Å². The number of rotatable bonds is 5. The van der Waals surface area contributed by atoms with Crippen LogP contribution in [0.5, 0.6) is 0 Å². The van der Waals surface area contributed by atoms with Crippen LogP contribution in [0.15, 0.2) is 36.4 Å². The van der Waals surface area contributed by atoms with Gasteiger partial charge in [-0.05, 0) is 77.6 Å². The number of nitrogens with one attached hydrogen (secondary N) is 1. The van der Waals surface area contributed by atoms with Crippen LogP contribution in [-0.2, 0) is 9.31 Å². The minimum absolute atomic E-state index is 0.230. The van der Waals surface area contributed by atoms with Gasteiger partial charge in [0.15, 0.2) is 0 Å². The van der Waals surface area contributed by atoms with Crippen molar-refractivity contribution in [2.75, 3.05) is 5.73 Å². The Labute approximate surface area is 222 Å². The summed E-state index contributed by atoms with van der Waals surface area (Å²) in [6, 6.07) is 10.5. The van der Waals surface area contributed by atoms with E-state index in [1.165, 1.54) is 5.01 Å². The number of anilines is 1. The predicted octanol–water partition coefficient (Wildman–Crippen LogP) is 4.80. The summed E-state index contributed by atoms with van der Waals surface area (Å²) >= 11 is 0. The fourth-order valence-electron chi connectivity index (χ4n) is 4.76. The fraction of sp³-hybridized carbons (Fsp3) is 0.517. The van der Waals surface area contributed by atoms with Gasteiger partial charge in [-0.1, -0.05) is 51.0 Å². The van der Waals surface area contributed by atoms with Crippen molar-refractivity contribution < 1.29 is 18.9 Å². The molecule has 8 heteroatoms. The highest BCUT2D eigenvalue weighted by molar-refractivity contribution is 6.63. The molecule has 200 valence electrons. The van der Waals surface area contributed by atoms with Crippen LogP contribution in [0.25, 0.3) is 0 Å². The predicted molar refractivity (Wildman–Crippen MR) is 150 cm³/mol. The average Bonchev–Trinajstić information content (AvgIpc) is 2.97. The maximum absolute atomic E-state index is 13.7. The highest BCUT2D eigenvalue weighted by Gasteiger charge is 2.52. The van der Waals surface area contributed by atoms with Crippen molar-refractivity contribution >= 4 is 30.1 Å². The first kappa shape index (κ1) is 28.7. The van der Waals surface area contributed by atoms with Crippen LogP contribution in [0, 0.1) is 19.3 Å². The van der Waals surface area contributed by atoms with Gasteiger partial charge >= 0.3 is 7.12 Å². The molecule has 3 N–H and O–H groups in total. The highest BCUT2D eigenvalue weighted by atomic mass is 16.7. The standard InChI is InChI=1S/C29H42BN3O4/c1-11-24(27(4,5)6)33(26(35)21-15-18(2)14-19(3)16-21)32-25(34)20-12-13-22(23(31)17-20)30-36-28(7,8)29(9,10)37-30/h12-17,24H,11,31H2,1-10H3,(H,32,34)/t24-/m1/s1. The van der Waals surface area contributed by atoms with E-state index in [2.05, 4.69) is 26.2 Å². The summed E-state index contributed by atoms with van der Waals surface area (Å²) in [5, 5.41) is 1.48. The maximum Gasteiger partial charge on any atom is 0.496 e. The summed E-state index contributed by atoms with van der Waals surface area (Å²) in [7, 11) is -0.630. The largest absolute Gasteiger partial charge is 0.496 e. The van der Waals surface area contributed by atoms with E-state index in [4.69, 9.17) is 15.0 Å². The Morgan fingerprint density at radius 2 is 1.51 bits per heavy atom. The van der Waals surface area contributed by atoms with E-state index in [0.717, 1.165) is 11.1 Å². The summed E-state index contributed by atoms with van der Waals surface area (Å²) in [4.78, 5) is 27.2. The number of carbonyl (C=O) groups excluding carboxylic acids is 2. The van der Waals surface area contributed by atoms with Crippen LogP contribution < -0.4 is 16.6 Å². The van der Waals surface area contributed by atoms with Gasteiger partial charge in [0.25, 0.3) is 11.8 Å². The van der Waals surface area contributed by atoms with Crippen LogP contribution in [0.4, 0.5) is 5.69 Å². The normalized spacial score (nSPS) is 17.4. The third kappa shape index (κ3) is 6.02. The second kappa shape index (κ2) is 10.1. The molecule has 37 heavy (non-hydrogen) atoms. The molecule has 1 atom stereocenters. The van der Waals surface area contributed by atoms with E-state index in [1.807, 2.05) is 66.7 Å². The van der Waals surface area contributed by atoms with Crippen molar-refractivity contribution in [1.82, 2.24) is 10.4 Å². The molecule has 0 spiro atoms. The van der Waals surface area contributed by atoms with E-state index in [-0.39, 0.29) is 17.4 Å². The molecule has 2 aromatic rings. The number of benzene rings is 2. The van der Waals surface area contributed by atoms with Crippen LogP contribution in [0.3, 0.4) is 0 Å². The molecule has 7 nitrogen and oxygen atoms in total. The van der Waals surface area contributed by atoms with E-state index in [9.17, 15) is 9.59 Å². The zero-order valence-corrected chi connectivity index (χ0v) is 24.0. The molecule has 1 saturated heterocycles. The molecular weight excluding hydrogens is 465 g/mol. The molecule has 2 amide bonds. The van der Waals surface area contributed by atoms with Gasteiger partial charge in [-0.15, -0.1) is 0 Å². The molecule has 0 radical (unpaired) electrons. The topological polar surface area (TPSA) is 93.9 Å². The highest BCUT2D eigenvalue weighted by Crippen LogP contribution is 2.37. The Balaban J connectivity index is 1.91. The van der Waals surface area contributed by atoms with Gasteiger partial charge in [-0.25, -0.2) is 5.01 Å². The monoisotopic (exact) mass is 507 g/mol. The van der Waals surface area contributed by atoms with Crippen molar-refractivity contribution in [1.29, 1.82) is 0 Å². The number of hydrazine groups is 1. The van der Waals surface area contributed by atoms with Crippen molar-refractivity contribution in [2.45, 2.75) is 92.9 Å². The molecule has 0 saturated carbocycles. The van der Waals surface area contributed by atoms with Crippen molar-refractivity contribution in [3.05, 3.63) is 58.7 Å². The number of nitrogen functional groups attached to an aromatic ring is 1. The first-order chi connectivity index (χ1) is 17.0. The smallest absolute Gasteiger partial charge is 0.399 e. The van der Waals surface area contributed by atoms with E-state index in [0.29, 0.717) is 28.7 Å². The van der Waals surface area contributed by atoms with E-state index < -0.39 is 24.2 Å². The van der Waals surface area contributed by atoms with Gasteiger partial charge in [0.2, 0.25) is 0 Å². The van der Waals surface area contributed by atoms with E-state index >= 15 is 0 Å². The zero-order chi connectivity index (χ0) is 27.9. The first-order valence-corrected chi connectivity index (χ1v) is 12.9. The molecule has 2 aromatic carbocycles. The molecule has 0 bridgehead atoms. The molecule has 1 fully saturated rings. The Kier molecular flexibility index (Phi) is 7.88. The summed E-state index contributed by atoms with van der Waals surface area (Å²) in [6.07, 6.45) is 0.670. The molecule has 0 unspecified atom stereocenters. The van der Waals surface area contributed by atoms with Gasteiger partial charge in [0.05, 0.1) is 17.2 Å². The molecule has 0 aromatic heterocycles. The first-order valence-electron chi connectivity index (χ1n) is 12.9. The minimum atomic E-state index is -0.630. The third-order valence-electron chi connectivity index (χ3n) is 7.46. The summed E-state index contributed by atoms with van der Waals surface area (Å²) in [5.74, 6) is -0.656. The Bertz CT molecular complexity index is 1150. The second-order valence-corrected chi connectivity index (χ2v) is 12.2. The Morgan fingerprint density at radius 3 is 1.97 bits per heavy atom. The second-order valence-electron chi connectivity index (χ2n) is 12.2. The molecular formula is C29H42BN3O4. The lowest BCUT2D eigenvalue weighted by molar-refractivity contribution is 0.00578. The average molecular weight is 507 g/mol. The summed E-state index contributed by atoms with van der Waals surface area (Å²) in [5.41, 5.74) is 11.9. The van der Waals surface area contributed by atoms with Crippen molar-refractivity contribution in [3.8, 4) is 0 Å². The van der Waals surface area contributed by atoms with Crippen molar-refractivity contribution in [2.24, 2.45) is 5.41 Å². The van der Waals surface area contributed by atoms with Gasteiger partial charge < -0.3 is 15.0 Å². The lowest BCUT2D eigenvalue weighted by Crippen LogP contribution is -2.56. The van der Waals surface area contributed by atoms with Gasteiger partial charge in [-0.2, -0.15) is 0 Å². The lowest BCUT2D eigenvalue weighted by Gasteiger charge is -2.39. The molecule has 3 rings (SSSR count). The quantitative estimate of drug-likeness (QED) is 0.345. The molecule has 0 aliphatic carbocycles. The number of hydrogen-bond donors (Lipinski definition) is 2. The number of carbonyl (C=O) groups is 2. The number of nitrogens with zero attached hydrogens (tertiary/aromatic N) is 1. The van der Waals surface area contributed by atoms with Crippen LogP contribution in [-0.4, -0.2) is 41.2 Å². The van der Waals surface area contributed by atoms with Gasteiger partial charge in [-0.3, -0.25) is 15.0 Å². The molecule has 1 heterocycles. The SMILES string of the molecule is CC[C@@H](N(NC(=O)c1ccc(B2OC(C)(C)C(C)(C)O2)c(N)c1)C(=O)c1cc(C)cc(C)c1)C(C)(C)C. The Morgan fingerprint density at radius 1 is 0.973 bits per heavy atom. The molecule has 1 aliphatic heterocycles. The van der Waals surface area contributed by atoms with Crippen LogP contribution in [0.2, 0.25) is 0 Å². The number of aryl methyl sites for hydroxylation is 2. The van der Waals surface area contributed by atoms with Crippen molar-refractivity contribution in [3.63, 3.8) is 0 Å². The Hall–Kier alpha value is -2.84. The summed E-state index contributed by atoms with van der Waals surface area (Å²) in [6.45, 7) is 20.0. The van der Waals surface area contributed by atoms with Gasteiger partial charge in [0, 0.05) is 22.3 Å². The van der Waals surface area contributed by atoms with Crippen LogP contribution >= 0.6 is 0 Å². The van der Waals surface area contributed by atoms with E-state index in [1.54, 1.807) is 18.2 Å². The lowest BCUT2D eigenvalue weighted by atomic mass is 9.77. The zero-order valence-electron chi connectivity index (χ0n) is 24.0.